The van der Waals surface area contributed by atoms with Crippen LogP contribution in [0.1, 0.15) is 417 Å². The Hall–Kier alpha value is -4.37. The summed E-state index contributed by atoms with van der Waals surface area (Å²) in [7, 11) is 1.69. The number of aliphatic hydroxyl groups is 6. The molecule has 798 valence electrons. The van der Waals surface area contributed by atoms with Gasteiger partial charge in [-0.2, -0.15) is 0 Å². The molecule has 0 spiro atoms. The highest BCUT2D eigenvalue weighted by Crippen LogP contribution is 2.83. The summed E-state index contributed by atoms with van der Waals surface area (Å²) in [5.74, 6) is 10.1. The van der Waals surface area contributed by atoms with E-state index in [1.807, 2.05) is 39.8 Å². The van der Waals surface area contributed by atoms with Crippen LogP contribution in [0.15, 0.2) is 83.0 Å². The zero-order valence-electron chi connectivity index (χ0n) is 95.1. The van der Waals surface area contributed by atoms with Crippen LogP contribution in [0.25, 0.3) is 0 Å². The van der Waals surface area contributed by atoms with Gasteiger partial charge in [-0.1, -0.05) is 237 Å². The van der Waals surface area contributed by atoms with Gasteiger partial charge in [-0.15, -0.1) is 0 Å². The summed E-state index contributed by atoms with van der Waals surface area (Å²) in [4.78, 5) is 66.6. The fourth-order valence-electron chi connectivity index (χ4n) is 44.9. The van der Waals surface area contributed by atoms with Crippen molar-refractivity contribution < 1.29 is 64.5 Å². The van der Waals surface area contributed by atoms with Crippen LogP contribution in [-0.4, -0.2) is 110 Å². The van der Waals surface area contributed by atoms with Gasteiger partial charge in [0, 0.05) is 46.5 Å². The van der Waals surface area contributed by atoms with Crippen LogP contribution in [0.3, 0.4) is 0 Å². The van der Waals surface area contributed by atoms with E-state index < -0.39 is 35.1 Å². The van der Waals surface area contributed by atoms with Crippen LogP contribution in [0.4, 0.5) is 0 Å². The van der Waals surface area contributed by atoms with E-state index in [0.29, 0.717) is 142 Å². The first-order valence-electron chi connectivity index (χ1n) is 58.9. The molecule has 0 radical (unpaired) electrons. The van der Waals surface area contributed by atoms with E-state index >= 15 is 0 Å². The van der Waals surface area contributed by atoms with Crippen molar-refractivity contribution >= 4 is 29.1 Å². The maximum atomic E-state index is 14.5. The molecule has 1 aromatic rings. The molecule has 14 unspecified atom stereocenters. The Kier molecular flexibility index (Phi) is 27.2. The summed E-state index contributed by atoms with van der Waals surface area (Å²) in [5, 5.41) is 74.6. The first kappa shape index (κ1) is 108. The Morgan fingerprint density at radius 3 is 1.29 bits per heavy atom. The quantitative estimate of drug-likeness (QED) is 0.114. The van der Waals surface area contributed by atoms with E-state index in [-0.39, 0.29) is 129 Å². The molecule has 1 aromatic carbocycles. The molecule has 0 saturated heterocycles. The SMILES string of the molecule is C=C1CC[C@]2(C)CC[C@]3(C)C(=CCC4[C@@]5(C)CCC(O)C(C)(C(=O)O)C5CC[C@]43C)C2[C@H]1C.CC(=O)[C@]12CC[C@@H](C)[C@H](C)C1C1=CCC3[C@@]4(C)C[C@@H](O)[C@H](O)[C@@](C)(CO)C4CC[C@@]3(C)[C@]1(C)CC2.CC(=O)[C@]12CC[C@@H](CO)[C@H](C)C1C1=CCC3[C@@]4(C)CC[C@H](O)C(C)(C)C4CC[C@@]3(C)[C@]1(C)CC2.COc1ccc(CC(=O)[C@]23CC[C@@H](C)[C@H](C)C2C2=CCC4[C@@]5(C)CCC(=O)C(C)(C)C5CC[C@@]4(C)[C@]2(C)CC3)cc1. The second-order valence-corrected chi connectivity index (χ2v) is 59.9. The lowest BCUT2D eigenvalue weighted by molar-refractivity contribution is -0.243. The summed E-state index contributed by atoms with van der Waals surface area (Å²) < 4.78 is 5.37. The highest BCUT2D eigenvalue weighted by molar-refractivity contribution is 5.89. The Balaban J connectivity index is 0.000000126. The van der Waals surface area contributed by atoms with Crippen LogP contribution in [-0.2, 0) is 30.4 Å². The molecule has 0 bridgehead atoms. The molecule has 0 aliphatic heterocycles. The number of rotatable bonds is 9. The van der Waals surface area contributed by atoms with Gasteiger partial charge in [-0.3, -0.25) is 24.0 Å². The van der Waals surface area contributed by atoms with E-state index in [1.165, 1.54) is 50.5 Å². The number of aliphatic hydroxyl groups excluding tert-OH is 6. The highest BCUT2D eigenvalue weighted by Gasteiger charge is 2.77. The molecule has 0 heterocycles. The van der Waals surface area contributed by atoms with Gasteiger partial charge in [0.05, 0.1) is 43.5 Å². The van der Waals surface area contributed by atoms with E-state index in [1.54, 1.807) is 29.4 Å². The monoisotopic (exact) mass is 1970 g/mol. The van der Waals surface area contributed by atoms with Crippen molar-refractivity contribution in [2.45, 2.75) is 443 Å². The number of methoxy groups -OCH3 is 1. The van der Waals surface area contributed by atoms with Gasteiger partial charge in [0.25, 0.3) is 0 Å². The fraction of sp³-hybridized carbons (Fsp3) is 0.838. The van der Waals surface area contributed by atoms with Crippen molar-refractivity contribution in [3.05, 3.63) is 88.6 Å². The molecule has 20 aliphatic rings. The molecule has 41 atom stereocenters. The Labute approximate surface area is 866 Å². The number of fused-ring (bicyclic) bond motifs is 28. The van der Waals surface area contributed by atoms with Crippen molar-refractivity contribution in [1.82, 2.24) is 0 Å². The number of ether oxygens (including phenoxy) is 1. The number of carboxylic acids is 1. The summed E-state index contributed by atoms with van der Waals surface area (Å²) in [6.45, 7) is 68.5. The zero-order valence-corrected chi connectivity index (χ0v) is 95.1. The van der Waals surface area contributed by atoms with Gasteiger partial charge >= 0.3 is 5.97 Å². The predicted molar refractivity (Wildman–Crippen MR) is 574 cm³/mol. The third-order valence-corrected chi connectivity index (χ3v) is 55.3. The molecule has 7 N–H and O–H groups in total. The minimum absolute atomic E-state index is 0.0260. The predicted octanol–water partition coefficient (Wildman–Crippen LogP) is 28.1. The number of carbonyl (C=O) groups excluding carboxylic acids is 4. The molecule has 0 aromatic heterocycles. The van der Waals surface area contributed by atoms with Gasteiger partial charge in [0.1, 0.15) is 28.9 Å². The zero-order chi connectivity index (χ0) is 104. The van der Waals surface area contributed by atoms with Crippen LogP contribution < -0.4 is 4.74 Å². The number of aliphatic carboxylic acids is 1. The van der Waals surface area contributed by atoms with Crippen LogP contribution in [0.5, 0.6) is 5.75 Å². The smallest absolute Gasteiger partial charge is 0.312 e. The number of Topliss-reactive ketones (excluding diaryl/α,β-unsaturated/α-hetero) is 4. The first-order chi connectivity index (χ1) is 66.5. The van der Waals surface area contributed by atoms with Crippen molar-refractivity contribution in [2.75, 3.05) is 20.3 Å². The van der Waals surface area contributed by atoms with Crippen LogP contribution >= 0.6 is 0 Å². The first-order valence-corrected chi connectivity index (χ1v) is 58.9. The van der Waals surface area contributed by atoms with Gasteiger partial charge in [-0.25, -0.2) is 0 Å². The van der Waals surface area contributed by atoms with E-state index in [9.17, 15) is 59.7 Å². The van der Waals surface area contributed by atoms with Gasteiger partial charge in [0.2, 0.25) is 0 Å². The third kappa shape index (κ3) is 14.7. The molecule has 13 nitrogen and oxygen atoms in total. The van der Waals surface area contributed by atoms with Crippen molar-refractivity contribution in [3.8, 4) is 5.75 Å². The number of hydrogen-bond acceptors (Lipinski definition) is 12. The number of allylic oxidation sites excluding steroid dienone is 9. The minimum atomic E-state index is -1.04. The Morgan fingerprint density at radius 2 is 0.818 bits per heavy atom. The minimum Gasteiger partial charge on any atom is -0.497 e. The van der Waals surface area contributed by atoms with Gasteiger partial charge < -0.3 is 40.5 Å². The lowest BCUT2D eigenvalue weighted by Gasteiger charge is -2.72. The van der Waals surface area contributed by atoms with Gasteiger partial charge in [0.15, 0.2) is 0 Å². The molecule has 0 amide bonds. The fourth-order valence-corrected chi connectivity index (χ4v) is 44.9. The van der Waals surface area contributed by atoms with E-state index in [2.05, 4.69) is 202 Å². The average molecular weight is 1970 g/mol. The molecule has 21 rings (SSSR count). The normalized spacial score (nSPS) is 52.8. The second-order valence-electron chi connectivity index (χ2n) is 59.9. The number of carbonyl (C=O) groups is 5. The third-order valence-electron chi connectivity index (χ3n) is 55.3. The van der Waals surface area contributed by atoms with Gasteiger partial charge in [-0.05, 0) is 445 Å². The Morgan fingerprint density at radius 1 is 0.413 bits per heavy atom. The van der Waals surface area contributed by atoms with Crippen molar-refractivity contribution in [3.63, 3.8) is 0 Å². The van der Waals surface area contributed by atoms with Crippen LogP contribution in [0.2, 0.25) is 0 Å². The average Bonchev–Trinajstić information content (AvgIpc) is 0.682. The molecule has 16 saturated carbocycles. The van der Waals surface area contributed by atoms with Crippen molar-refractivity contribution in [2.24, 2.45) is 221 Å². The van der Waals surface area contributed by atoms with E-state index in [4.69, 9.17) is 4.74 Å². The number of carboxylic acid groups (broad SMARTS) is 1. The summed E-state index contributed by atoms with van der Waals surface area (Å²) in [6.07, 6.45) is 45.0. The molecule has 13 heteroatoms. The molecule has 16 fully saturated rings. The maximum Gasteiger partial charge on any atom is 0.312 e. The summed E-state index contributed by atoms with van der Waals surface area (Å²) in [6, 6.07) is 8.13. The number of benzene rings is 1. The van der Waals surface area contributed by atoms with Crippen molar-refractivity contribution in [1.29, 1.82) is 0 Å². The highest BCUT2D eigenvalue weighted by atomic mass is 16.5. The maximum absolute atomic E-state index is 14.5. The lowest BCUT2D eigenvalue weighted by Crippen LogP contribution is -2.68. The lowest BCUT2D eigenvalue weighted by atomic mass is 9.33. The van der Waals surface area contributed by atoms with E-state index in [0.717, 1.165) is 178 Å². The molecular weight excluding hydrogens is 1770 g/mol. The molecule has 20 aliphatic carbocycles. The largest absolute Gasteiger partial charge is 0.497 e. The molecule has 143 heavy (non-hydrogen) atoms. The summed E-state index contributed by atoms with van der Waals surface area (Å²) in [5.41, 5.74) is 8.12. The second kappa shape index (κ2) is 35.9. The number of hydrogen-bond donors (Lipinski definition) is 7. The standard InChI is InChI=1S/C38H54O3.C31H50O4.C31H50O3.C30H46O3/c1-24-15-20-38(32(40)23-26-9-11-27(41-8)12-10-26)22-21-36(6)28(33(38)25(24)2)13-14-30-35(5)18-17-31(39)34(3,4)29(35)16-19-37(30,36)7;1-18-10-13-31(20(3)33)15-14-29(6)21(25(31)19(18)2)8-9-24-27(4)16-22(34)26(35)28(5,17-32)23(27)11-12-30(24,29)7;1-19-21(18-32)10-15-31(20(2)33)17-16-29(6)22(26(19)31)8-9-24-28(5)13-12-25(34)27(3,4)23(28)11-14-30(24,29)7;1-18-10-13-26(3)16-17-28(5)20(24(26)19(18)2)8-9-21-27(4)14-12-23(31)30(7,25(32)33)22(27)11-15-29(21,28)6/h9-13,24-25,29-30,33H,14-23H2,1-8H3;8,18-19,22-26,32,34-35H,9-17H2,1-7H3;8,19,21,23-26,32,34H,9-18H2,1-7H3;8,19,21-24,31H,1,9-17H2,2-7H3,(H,32,33)/t24-,25+,29?,30?,33?,35+,36-,37-,38-;18-,19+,22-,23?,24?,25?,26+,27+,28+,29-,30-,31-;19-,21-,23?,24?,25-,26?,28-,29+,30+,31+;19-,21?,22?,23?,24?,26+,27+,28+,29+,30?/m1100/s1. The topological polar surface area (TPSA) is 236 Å². The summed E-state index contributed by atoms with van der Waals surface area (Å²) >= 11 is 0. The number of ketones is 4. The molecular formula is C130H200O13. The Bertz CT molecular complexity index is 5260. The van der Waals surface area contributed by atoms with Crippen LogP contribution in [0, 0.1) is 221 Å².